The molecule has 0 aliphatic carbocycles. The Bertz CT molecular complexity index is 1000. The molecule has 1 aliphatic heterocycles. The van der Waals surface area contributed by atoms with Crippen LogP contribution in [0, 0.1) is 0 Å². The molecule has 150 valence electrons. The number of para-hydroxylation sites is 2. The summed E-state index contributed by atoms with van der Waals surface area (Å²) in [5.74, 6) is 2.36. The van der Waals surface area contributed by atoms with Gasteiger partial charge in [0.25, 0.3) is 0 Å². The van der Waals surface area contributed by atoms with Crippen LogP contribution >= 0.6 is 0 Å². The van der Waals surface area contributed by atoms with E-state index < -0.39 is 0 Å². The molecule has 1 unspecified atom stereocenters. The highest BCUT2D eigenvalue weighted by molar-refractivity contribution is 5.79. The van der Waals surface area contributed by atoms with Crippen molar-refractivity contribution in [3.05, 3.63) is 60.0 Å². The second kappa shape index (κ2) is 8.34. The number of hydrogen-bond acceptors (Lipinski definition) is 6. The molecule has 1 saturated heterocycles. The molecule has 1 atom stereocenters. The van der Waals surface area contributed by atoms with Gasteiger partial charge in [-0.2, -0.15) is 4.98 Å². The number of hydrogen-bond donors (Lipinski definition) is 0. The average molecular weight is 393 g/mol. The number of carbonyl (C=O) groups is 1. The van der Waals surface area contributed by atoms with Crippen LogP contribution in [0.15, 0.2) is 53.1 Å². The maximum Gasteiger partial charge on any atom is 0.232 e. The molecular formula is C22H23N3O4. The predicted molar refractivity (Wildman–Crippen MR) is 107 cm³/mol. The second-order valence-corrected chi connectivity index (χ2v) is 6.87. The zero-order chi connectivity index (χ0) is 20.2. The monoisotopic (exact) mass is 393 g/mol. The summed E-state index contributed by atoms with van der Waals surface area (Å²) in [4.78, 5) is 18.9. The number of amides is 1. The minimum atomic E-state index is -0.127. The highest BCUT2D eigenvalue weighted by Gasteiger charge is 2.34. The fraction of sp³-hybridized carbons (Fsp3) is 0.318. The van der Waals surface area contributed by atoms with Crippen molar-refractivity contribution in [2.45, 2.75) is 25.8 Å². The van der Waals surface area contributed by atoms with E-state index >= 15 is 0 Å². The molecule has 0 saturated carbocycles. The number of rotatable bonds is 7. The van der Waals surface area contributed by atoms with Gasteiger partial charge in [-0.3, -0.25) is 4.79 Å². The Hall–Kier alpha value is -3.35. The highest BCUT2D eigenvalue weighted by Crippen LogP contribution is 2.33. The Kier molecular flexibility index (Phi) is 5.46. The fourth-order valence-corrected chi connectivity index (χ4v) is 3.57. The Morgan fingerprint density at radius 3 is 2.69 bits per heavy atom. The summed E-state index contributed by atoms with van der Waals surface area (Å²) < 4.78 is 16.5. The molecule has 7 heteroatoms. The fourth-order valence-electron chi connectivity index (χ4n) is 3.57. The van der Waals surface area contributed by atoms with Crippen LogP contribution in [-0.4, -0.2) is 41.2 Å². The number of benzene rings is 2. The van der Waals surface area contributed by atoms with Crippen LogP contribution in [0.25, 0.3) is 11.4 Å². The maximum absolute atomic E-state index is 12.6. The molecule has 0 radical (unpaired) electrons. The van der Waals surface area contributed by atoms with E-state index in [1.54, 1.807) is 7.11 Å². The van der Waals surface area contributed by atoms with Crippen molar-refractivity contribution in [3.8, 4) is 22.9 Å². The third-order valence-corrected chi connectivity index (χ3v) is 4.99. The molecule has 4 rings (SSSR count). The van der Waals surface area contributed by atoms with Gasteiger partial charge in [0, 0.05) is 25.1 Å². The van der Waals surface area contributed by atoms with Crippen LogP contribution in [0.3, 0.4) is 0 Å². The van der Waals surface area contributed by atoms with Gasteiger partial charge in [-0.15, -0.1) is 0 Å². The van der Waals surface area contributed by atoms with Crippen LogP contribution in [-0.2, 0) is 11.3 Å². The highest BCUT2D eigenvalue weighted by atomic mass is 16.5. The second-order valence-electron chi connectivity index (χ2n) is 6.87. The van der Waals surface area contributed by atoms with Crippen molar-refractivity contribution in [2.24, 2.45) is 0 Å². The quantitative estimate of drug-likeness (QED) is 0.610. The van der Waals surface area contributed by atoms with E-state index in [0.717, 1.165) is 16.9 Å². The van der Waals surface area contributed by atoms with Gasteiger partial charge < -0.3 is 18.9 Å². The molecule has 0 N–H and O–H groups in total. The third kappa shape index (κ3) is 3.94. The van der Waals surface area contributed by atoms with Crippen molar-refractivity contribution >= 4 is 5.91 Å². The summed E-state index contributed by atoms with van der Waals surface area (Å²) in [5, 5.41) is 4.10. The Labute approximate surface area is 169 Å². The minimum Gasteiger partial charge on any atom is -0.496 e. The topological polar surface area (TPSA) is 77.7 Å². The lowest BCUT2D eigenvalue weighted by Crippen LogP contribution is -2.24. The van der Waals surface area contributed by atoms with Gasteiger partial charge in [-0.1, -0.05) is 35.5 Å². The van der Waals surface area contributed by atoms with Crippen LogP contribution in [0.4, 0.5) is 0 Å². The van der Waals surface area contributed by atoms with Crippen LogP contribution in [0.2, 0.25) is 0 Å². The Morgan fingerprint density at radius 2 is 1.90 bits per heavy atom. The van der Waals surface area contributed by atoms with Crippen LogP contribution in [0.5, 0.6) is 11.5 Å². The van der Waals surface area contributed by atoms with Gasteiger partial charge in [-0.25, -0.2) is 0 Å². The van der Waals surface area contributed by atoms with Crippen LogP contribution < -0.4 is 9.47 Å². The maximum atomic E-state index is 12.6. The molecule has 7 nitrogen and oxygen atoms in total. The van der Waals surface area contributed by atoms with E-state index in [1.165, 1.54) is 0 Å². The molecule has 0 spiro atoms. The number of ether oxygens (including phenoxy) is 2. The average Bonchev–Trinajstić information content (AvgIpc) is 3.37. The van der Waals surface area contributed by atoms with Gasteiger partial charge in [0.2, 0.25) is 17.6 Å². The smallest absolute Gasteiger partial charge is 0.232 e. The lowest BCUT2D eigenvalue weighted by atomic mass is 10.1. The van der Waals surface area contributed by atoms with E-state index in [2.05, 4.69) is 10.1 Å². The number of likely N-dealkylation sites (tertiary alicyclic amines) is 1. The van der Waals surface area contributed by atoms with E-state index in [-0.39, 0.29) is 11.8 Å². The van der Waals surface area contributed by atoms with Gasteiger partial charge >= 0.3 is 0 Å². The standard InChI is InChI=1S/C22H23N3O4/c1-3-28-18-10-6-4-8-15(18)13-25-14-16(12-20(25)26)22-23-21(24-29-22)17-9-5-7-11-19(17)27-2/h4-11,16H,3,12-14H2,1-2H3. The number of methoxy groups -OCH3 is 1. The van der Waals surface area contributed by atoms with Crippen molar-refractivity contribution in [2.75, 3.05) is 20.3 Å². The number of carbonyl (C=O) groups excluding carboxylic acids is 1. The van der Waals surface area contributed by atoms with Crippen molar-refractivity contribution < 1.29 is 18.8 Å². The molecule has 2 aromatic carbocycles. The van der Waals surface area contributed by atoms with E-state index in [0.29, 0.717) is 43.6 Å². The molecule has 2 heterocycles. The lowest BCUT2D eigenvalue weighted by molar-refractivity contribution is -0.128. The summed E-state index contributed by atoms with van der Waals surface area (Å²) in [7, 11) is 1.60. The third-order valence-electron chi connectivity index (χ3n) is 4.99. The molecule has 1 amide bonds. The van der Waals surface area contributed by atoms with Gasteiger partial charge in [0.1, 0.15) is 11.5 Å². The normalized spacial score (nSPS) is 16.3. The van der Waals surface area contributed by atoms with E-state index in [4.69, 9.17) is 14.0 Å². The first-order chi connectivity index (χ1) is 14.2. The van der Waals surface area contributed by atoms with Gasteiger partial charge in [0.15, 0.2) is 0 Å². The van der Waals surface area contributed by atoms with Gasteiger partial charge in [-0.05, 0) is 25.1 Å². The van der Waals surface area contributed by atoms with Crippen molar-refractivity contribution in [1.29, 1.82) is 0 Å². The molecule has 1 aromatic heterocycles. The molecule has 3 aromatic rings. The molecule has 1 fully saturated rings. The Morgan fingerprint density at radius 1 is 1.14 bits per heavy atom. The van der Waals surface area contributed by atoms with Crippen molar-refractivity contribution in [1.82, 2.24) is 15.0 Å². The largest absolute Gasteiger partial charge is 0.496 e. The zero-order valence-corrected chi connectivity index (χ0v) is 16.5. The summed E-state index contributed by atoms with van der Waals surface area (Å²) >= 11 is 0. The molecule has 29 heavy (non-hydrogen) atoms. The minimum absolute atomic E-state index is 0.0679. The summed E-state index contributed by atoms with van der Waals surface area (Å²) in [6.45, 7) is 3.57. The Balaban J connectivity index is 1.50. The first-order valence-electron chi connectivity index (χ1n) is 9.65. The number of nitrogens with zero attached hydrogens (tertiary/aromatic N) is 3. The SMILES string of the molecule is CCOc1ccccc1CN1CC(c2nc(-c3ccccc3OC)no2)CC1=O. The first kappa shape index (κ1) is 19.0. The van der Waals surface area contributed by atoms with Gasteiger partial charge in [0.05, 0.1) is 25.2 Å². The summed E-state index contributed by atoms with van der Waals surface area (Å²) in [5.41, 5.74) is 1.75. The zero-order valence-electron chi connectivity index (χ0n) is 16.5. The lowest BCUT2D eigenvalue weighted by Gasteiger charge is -2.18. The molecule has 0 bridgehead atoms. The number of aromatic nitrogens is 2. The molecule has 1 aliphatic rings. The molecular weight excluding hydrogens is 370 g/mol. The summed E-state index contributed by atoms with van der Waals surface area (Å²) in [6.07, 6.45) is 0.352. The van der Waals surface area contributed by atoms with Crippen molar-refractivity contribution in [3.63, 3.8) is 0 Å². The first-order valence-corrected chi connectivity index (χ1v) is 9.65. The van der Waals surface area contributed by atoms with E-state index in [9.17, 15) is 4.79 Å². The summed E-state index contributed by atoms with van der Waals surface area (Å²) in [6, 6.07) is 15.3. The predicted octanol–water partition coefficient (Wildman–Crippen LogP) is 3.66. The van der Waals surface area contributed by atoms with Crippen LogP contribution in [0.1, 0.15) is 30.7 Å². The van der Waals surface area contributed by atoms with E-state index in [1.807, 2.05) is 60.4 Å².